The molecule has 1 N–H and O–H groups in total. The van der Waals surface area contributed by atoms with E-state index in [4.69, 9.17) is 9.05 Å². The highest BCUT2D eigenvalue weighted by molar-refractivity contribution is 7.54. The van der Waals surface area contributed by atoms with Crippen LogP contribution in [0.15, 0.2) is 0 Å². The Labute approximate surface area is 93.3 Å². The molecule has 0 aliphatic heterocycles. The maximum Gasteiger partial charge on any atom is 0.346 e. The zero-order valence-corrected chi connectivity index (χ0v) is 11.7. The smallest absolute Gasteiger partial charge is 0.311 e. The quantitative estimate of drug-likeness (QED) is 0.747. The Balaban J connectivity index is 4.49. The molecule has 0 amide bonds. The summed E-state index contributed by atoms with van der Waals surface area (Å²) in [6.07, 6.45) is 0. The van der Waals surface area contributed by atoms with E-state index in [0.29, 0.717) is 0 Å². The van der Waals surface area contributed by atoms with E-state index in [0.717, 1.165) is 0 Å². The normalized spacial score (nSPS) is 17.5. The van der Waals surface area contributed by atoms with Crippen molar-refractivity contribution in [1.82, 2.24) is 5.32 Å². The highest BCUT2D eigenvalue weighted by Crippen LogP contribution is 2.50. The second kappa shape index (κ2) is 5.44. The molecule has 0 aromatic carbocycles. The number of nitrogens with one attached hydrogen (secondary N) is 1. The summed E-state index contributed by atoms with van der Waals surface area (Å²) >= 11 is 0. The zero-order valence-electron chi connectivity index (χ0n) is 10.8. The summed E-state index contributed by atoms with van der Waals surface area (Å²) in [5, 5.41) is 3.25. The van der Waals surface area contributed by atoms with Crippen molar-refractivity contribution in [2.45, 2.75) is 46.4 Å². The third-order valence-corrected chi connectivity index (χ3v) is 4.89. The van der Waals surface area contributed by atoms with Crippen molar-refractivity contribution in [3.8, 4) is 0 Å². The van der Waals surface area contributed by atoms with Gasteiger partial charge in [0.1, 0.15) is 5.78 Å². The summed E-state index contributed by atoms with van der Waals surface area (Å²) in [6.45, 7) is 10.3. The van der Waals surface area contributed by atoms with Gasteiger partial charge in [-0.25, -0.2) is 0 Å². The molecule has 0 spiro atoms. The first-order valence-electron chi connectivity index (χ1n) is 5.14. The fourth-order valence-electron chi connectivity index (χ4n) is 1.09. The predicted octanol–water partition coefficient (Wildman–Crippen LogP) is 2.84. The maximum absolute atomic E-state index is 12.0. The lowest BCUT2D eigenvalue weighted by Crippen LogP contribution is -2.42. The molecule has 0 rings (SSSR count). The zero-order chi connectivity index (χ0) is 12.3. The predicted molar refractivity (Wildman–Crippen MR) is 63.1 cm³/mol. The van der Waals surface area contributed by atoms with Crippen molar-refractivity contribution in [2.75, 3.05) is 14.2 Å². The van der Waals surface area contributed by atoms with Gasteiger partial charge in [-0.1, -0.05) is 20.8 Å². The van der Waals surface area contributed by atoms with Crippen molar-refractivity contribution in [3.63, 3.8) is 0 Å². The molecule has 4 nitrogen and oxygen atoms in total. The van der Waals surface area contributed by atoms with E-state index in [-0.39, 0.29) is 17.2 Å². The van der Waals surface area contributed by atoms with Gasteiger partial charge >= 0.3 is 7.60 Å². The standard InChI is InChI=1S/C10H24NO3P/c1-8(10(3,4)5)11-9(2)15(12,13-6)14-7/h8-9,11H,1-7H3/t8-,9+/m0/s1. The van der Waals surface area contributed by atoms with Crippen LogP contribution in [-0.2, 0) is 13.6 Å². The lowest BCUT2D eigenvalue weighted by molar-refractivity contribution is 0.237. The van der Waals surface area contributed by atoms with Gasteiger partial charge in [0.25, 0.3) is 0 Å². The molecule has 0 unspecified atom stereocenters. The van der Waals surface area contributed by atoms with E-state index < -0.39 is 7.60 Å². The van der Waals surface area contributed by atoms with Gasteiger partial charge in [0.15, 0.2) is 0 Å². The monoisotopic (exact) mass is 237 g/mol. The Morgan fingerprint density at radius 1 is 1.13 bits per heavy atom. The second-order valence-electron chi connectivity index (χ2n) is 4.84. The van der Waals surface area contributed by atoms with E-state index >= 15 is 0 Å². The molecule has 0 saturated heterocycles. The maximum atomic E-state index is 12.0. The molecule has 2 atom stereocenters. The number of hydrogen-bond acceptors (Lipinski definition) is 4. The fourth-order valence-corrected chi connectivity index (χ4v) is 2.28. The Hall–Kier alpha value is 0.110. The largest absolute Gasteiger partial charge is 0.346 e. The molecule has 5 heteroatoms. The molecular formula is C10H24NO3P. The first kappa shape index (κ1) is 15.1. The van der Waals surface area contributed by atoms with Crippen LogP contribution in [0.1, 0.15) is 34.6 Å². The van der Waals surface area contributed by atoms with E-state index in [1.54, 1.807) is 0 Å². The van der Waals surface area contributed by atoms with Crippen LogP contribution < -0.4 is 5.32 Å². The SMILES string of the molecule is COP(=O)(OC)[C@H](C)N[C@@H](C)C(C)(C)C. The van der Waals surface area contributed by atoms with Gasteiger partial charge in [0, 0.05) is 20.3 Å². The lowest BCUT2D eigenvalue weighted by Gasteiger charge is -2.32. The van der Waals surface area contributed by atoms with Gasteiger partial charge in [-0.3, -0.25) is 4.57 Å². The summed E-state index contributed by atoms with van der Waals surface area (Å²) in [5.74, 6) is -0.304. The minimum absolute atomic E-state index is 0.112. The summed E-state index contributed by atoms with van der Waals surface area (Å²) in [7, 11) is -0.193. The molecule has 0 bridgehead atoms. The number of hydrogen-bond donors (Lipinski definition) is 1. The van der Waals surface area contributed by atoms with Crippen LogP contribution in [0.25, 0.3) is 0 Å². The lowest BCUT2D eigenvalue weighted by atomic mass is 9.88. The Bertz CT molecular complexity index is 229. The molecule has 0 aromatic rings. The highest BCUT2D eigenvalue weighted by atomic mass is 31.2. The van der Waals surface area contributed by atoms with Crippen molar-refractivity contribution in [2.24, 2.45) is 5.41 Å². The Morgan fingerprint density at radius 3 is 1.80 bits per heavy atom. The van der Waals surface area contributed by atoms with Gasteiger partial charge in [0.05, 0.1) is 0 Å². The van der Waals surface area contributed by atoms with Crippen LogP contribution in [0.3, 0.4) is 0 Å². The molecule has 0 fully saturated rings. The third-order valence-electron chi connectivity index (χ3n) is 2.77. The van der Waals surface area contributed by atoms with Crippen LogP contribution in [-0.4, -0.2) is 26.0 Å². The Morgan fingerprint density at radius 2 is 1.53 bits per heavy atom. The van der Waals surface area contributed by atoms with Crippen LogP contribution in [0.5, 0.6) is 0 Å². The van der Waals surface area contributed by atoms with Crippen LogP contribution in [0.2, 0.25) is 0 Å². The summed E-state index contributed by atoms with van der Waals surface area (Å²) in [6, 6.07) is 0.228. The molecule has 0 radical (unpaired) electrons. The van der Waals surface area contributed by atoms with Crippen LogP contribution >= 0.6 is 7.60 Å². The van der Waals surface area contributed by atoms with E-state index in [9.17, 15) is 4.57 Å². The van der Waals surface area contributed by atoms with Gasteiger partial charge in [0.2, 0.25) is 0 Å². The molecule has 0 aromatic heterocycles. The first-order valence-corrected chi connectivity index (χ1v) is 6.75. The van der Waals surface area contributed by atoms with Gasteiger partial charge in [-0.05, 0) is 19.3 Å². The average molecular weight is 237 g/mol. The van der Waals surface area contributed by atoms with Gasteiger partial charge < -0.3 is 14.4 Å². The third kappa shape index (κ3) is 4.23. The molecule has 15 heavy (non-hydrogen) atoms. The minimum atomic E-state index is -3.01. The van der Waals surface area contributed by atoms with Crippen LogP contribution in [0.4, 0.5) is 0 Å². The minimum Gasteiger partial charge on any atom is -0.311 e. The fraction of sp³-hybridized carbons (Fsp3) is 1.00. The molecule has 92 valence electrons. The summed E-state index contributed by atoms with van der Waals surface area (Å²) < 4.78 is 21.9. The topological polar surface area (TPSA) is 47.6 Å². The Kier molecular flexibility index (Phi) is 5.48. The van der Waals surface area contributed by atoms with E-state index in [1.165, 1.54) is 14.2 Å². The molecule has 0 saturated carbocycles. The molecular weight excluding hydrogens is 213 g/mol. The summed E-state index contributed by atoms with van der Waals surface area (Å²) in [4.78, 5) is 0. The van der Waals surface area contributed by atoms with E-state index in [2.05, 4.69) is 33.0 Å². The van der Waals surface area contributed by atoms with Crippen molar-refractivity contribution >= 4 is 7.60 Å². The van der Waals surface area contributed by atoms with Crippen LogP contribution in [0, 0.1) is 5.41 Å². The summed E-state index contributed by atoms with van der Waals surface area (Å²) in [5.41, 5.74) is 0.112. The van der Waals surface area contributed by atoms with Crippen molar-refractivity contribution in [3.05, 3.63) is 0 Å². The van der Waals surface area contributed by atoms with Gasteiger partial charge in [-0.2, -0.15) is 0 Å². The second-order valence-corrected chi connectivity index (χ2v) is 7.42. The van der Waals surface area contributed by atoms with E-state index in [1.807, 2.05) is 6.92 Å². The number of rotatable bonds is 5. The molecule has 0 heterocycles. The van der Waals surface area contributed by atoms with Crippen molar-refractivity contribution < 1.29 is 13.6 Å². The average Bonchev–Trinajstić information content (AvgIpc) is 2.14. The van der Waals surface area contributed by atoms with Gasteiger partial charge in [-0.15, -0.1) is 0 Å². The van der Waals surface area contributed by atoms with Crippen molar-refractivity contribution in [1.29, 1.82) is 0 Å². The first-order chi connectivity index (χ1) is 6.67. The molecule has 0 aliphatic rings. The molecule has 0 aliphatic carbocycles. The highest BCUT2D eigenvalue weighted by Gasteiger charge is 2.33.